The van der Waals surface area contributed by atoms with Crippen LogP contribution in [0.3, 0.4) is 0 Å². The van der Waals surface area contributed by atoms with Crippen LogP contribution in [0, 0.1) is 0 Å². The van der Waals surface area contributed by atoms with E-state index in [1.165, 1.54) is 0 Å². The predicted octanol–water partition coefficient (Wildman–Crippen LogP) is 2.16. The first-order valence-corrected chi connectivity index (χ1v) is 2.61. The van der Waals surface area contributed by atoms with Gasteiger partial charge in [0.15, 0.2) is 0 Å². The lowest BCUT2D eigenvalue weighted by molar-refractivity contribution is 0.00734. The van der Waals surface area contributed by atoms with Crippen LogP contribution in [-0.2, 0) is 0 Å². The third-order valence-electron chi connectivity index (χ3n) is 0.331. The van der Waals surface area contributed by atoms with Gasteiger partial charge in [-0.1, -0.05) is 0 Å². The van der Waals surface area contributed by atoms with E-state index >= 15 is 0 Å². The van der Waals surface area contributed by atoms with E-state index in [-0.39, 0.29) is 0 Å². The summed E-state index contributed by atoms with van der Waals surface area (Å²) in [4.78, 5) is 0. The van der Waals surface area contributed by atoms with Crippen LogP contribution in [0.4, 0.5) is 26.3 Å². The molecule has 1 N–H and O–H groups in total. The average molecular weight is 209 g/mol. The monoisotopic (exact) mass is 209 g/mol. The molecule has 0 aromatic carbocycles. The van der Waals surface area contributed by atoms with Crippen LogP contribution >= 0.6 is 0 Å². The molecular weight excluding hydrogens is 204 g/mol. The number of nitrogens with zero attached hydrogens (tertiary/aromatic N) is 2. The lowest BCUT2D eigenvalue weighted by Crippen LogP contribution is -1.65. The second kappa shape index (κ2) is 10.7. The van der Waals surface area contributed by atoms with Crippen molar-refractivity contribution in [3.05, 3.63) is 12.4 Å². The Labute approximate surface area is 68.8 Å². The molecule has 1 aromatic heterocycles. The molecule has 13 heavy (non-hydrogen) atoms. The molecule has 3 nitrogen and oxygen atoms in total. The van der Waals surface area contributed by atoms with Gasteiger partial charge in [0.1, 0.15) is 0 Å². The van der Waals surface area contributed by atoms with Gasteiger partial charge in [0.25, 0.3) is 0 Å². The van der Waals surface area contributed by atoms with E-state index in [2.05, 4.69) is 15.4 Å². The number of nitrogens with one attached hydrogen (secondary N) is 1. The number of aromatic amines is 1. The number of H-pyrrole nitrogens is 1. The minimum Gasteiger partial charge on any atom is -0.198 e. The predicted molar refractivity (Wildman–Crippen MR) is 30.6 cm³/mol. The summed E-state index contributed by atoms with van der Waals surface area (Å²) in [5.74, 6) is 0. The molecule has 0 fully saturated rings. The van der Waals surface area contributed by atoms with Gasteiger partial charge in [0, 0.05) is 0 Å². The number of alkyl halides is 6. The number of halogens is 6. The number of rotatable bonds is 0. The molecule has 9 heteroatoms. The molecule has 0 bridgehead atoms. The van der Waals surface area contributed by atoms with Gasteiger partial charge in [-0.15, -0.1) is 0 Å². The highest BCUT2D eigenvalue weighted by Crippen LogP contribution is 1.87. The second-order valence-electron chi connectivity index (χ2n) is 1.15. The summed E-state index contributed by atoms with van der Waals surface area (Å²) in [5.41, 5.74) is 0. The van der Waals surface area contributed by atoms with Crippen LogP contribution in [0.15, 0.2) is 12.4 Å². The molecule has 0 saturated heterocycles. The van der Waals surface area contributed by atoms with E-state index in [1.807, 2.05) is 0 Å². The van der Waals surface area contributed by atoms with E-state index in [4.69, 9.17) is 0 Å². The van der Waals surface area contributed by atoms with Crippen molar-refractivity contribution in [2.24, 2.45) is 0 Å². The molecule has 0 aliphatic rings. The standard InChI is InChI=1S/C2H3N3.2CHF3/c1-2-4-5-3-1;2*2-1(3)4/h1-2H,(H,3,4,5);2*1H. The molecular formula is C4H5F6N3. The summed E-state index contributed by atoms with van der Waals surface area (Å²) in [6.45, 7) is -7.33. The summed E-state index contributed by atoms with van der Waals surface area (Å²) in [6.07, 6.45) is 3.17. The van der Waals surface area contributed by atoms with Crippen molar-refractivity contribution in [2.45, 2.75) is 13.4 Å². The molecule has 1 aromatic rings. The minimum atomic E-state index is -3.67. The maximum absolute atomic E-state index is 9.67. The third kappa shape index (κ3) is 58.9. The van der Waals surface area contributed by atoms with Crippen molar-refractivity contribution in [1.82, 2.24) is 15.4 Å². The average Bonchev–Trinajstić information content (AvgIpc) is 2.35. The molecule has 0 atom stereocenters. The van der Waals surface area contributed by atoms with Crippen LogP contribution in [0.5, 0.6) is 0 Å². The zero-order valence-electron chi connectivity index (χ0n) is 5.97. The Morgan fingerprint density at radius 3 is 1.08 bits per heavy atom. The Kier molecular flexibility index (Phi) is 11.8. The first-order valence-electron chi connectivity index (χ1n) is 2.61. The molecule has 1 heterocycles. The molecule has 0 aliphatic carbocycles. The van der Waals surface area contributed by atoms with Crippen molar-refractivity contribution >= 4 is 0 Å². The molecule has 0 saturated carbocycles. The molecule has 0 aliphatic heterocycles. The van der Waals surface area contributed by atoms with Crippen molar-refractivity contribution in [1.29, 1.82) is 0 Å². The fraction of sp³-hybridized carbons (Fsp3) is 0.500. The first-order chi connectivity index (χ1) is 5.96. The normalized spacial score (nSPS) is 8.62. The van der Waals surface area contributed by atoms with E-state index in [0.29, 0.717) is 0 Å². The van der Waals surface area contributed by atoms with Crippen LogP contribution < -0.4 is 0 Å². The Morgan fingerprint density at radius 1 is 0.769 bits per heavy atom. The summed E-state index contributed by atoms with van der Waals surface area (Å²) in [5, 5.41) is 9.33. The summed E-state index contributed by atoms with van der Waals surface area (Å²) >= 11 is 0. The molecule has 78 valence electrons. The zero-order valence-corrected chi connectivity index (χ0v) is 5.97. The largest absolute Gasteiger partial charge is 0.379 e. The smallest absolute Gasteiger partial charge is 0.198 e. The van der Waals surface area contributed by atoms with Crippen molar-refractivity contribution in [3.63, 3.8) is 0 Å². The lowest BCUT2D eigenvalue weighted by Gasteiger charge is -1.65. The first kappa shape index (κ1) is 14.3. The Hall–Kier alpha value is -1.28. The third-order valence-corrected chi connectivity index (χ3v) is 0.331. The molecule has 0 spiro atoms. The maximum Gasteiger partial charge on any atom is 0.379 e. The Morgan fingerprint density at radius 2 is 1.00 bits per heavy atom. The summed E-state index contributed by atoms with van der Waals surface area (Å²) < 4.78 is 58.0. The van der Waals surface area contributed by atoms with Gasteiger partial charge in [0.05, 0.1) is 12.4 Å². The summed E-state index contributed by atoms with van der Waals surface area (Å²) in [6, 6.07) is 0. The Balaban J connectivity index is 0. The topological polar surface area (TPSA) is 41.6 Å². The van der Waals surface area contributed by atoms with E-state index in [1.54, 1.807) is 12.4 Å². The minimum absolute atomic E-state index is 1.58. The van der Waals surface area contributed by atoms with Crippen molar-refractivity contribution in [2.75, 3.05) is 0 Å². The van der Waals surface area contributed by atoms with Crippen LogP contribution in [0.2, 0.25) is 0 Å². The van der Waals surface area contributed by atoms with E-state index in [9.17, 15) is 26.3 Å². The lowest BCUT2D eigenvalue weighted by atomic mass is 11.0. The van der Waals surface area contributed by atoms with Crippen molar-refractivity contribution in [3.8, 4) is 0 Å². The highest BCUT2D eigenvalue weighted by Gasteiger charge is 1.86. The van der Waals surface area contributed by atoms with Gasteiger partial charge in [0.2, 0.25) is 0 Å². The molecule has 1 rings (SSSR count). The van der Waals surface area contributed by atoms with Crippen molar-refractivity contribution < 1.29 is 26.3 Å². The van der Waals surface area contributed by atoms with E-state index < -0.39 is 13.4 Å². The zero-order chi connectivity index (χ0) is 10.7. The quantitative estimate of drug-likeness (QED) is 0.665. The molecule has 0 radical (unpaired) electrons. The van der Waals surface area contributed by atoms with Gasteiger partial charge >= 0.3 is 13.4 Å². The van der Waals surface area contributed by atoms with Gasteiger partial charge in [-0.2, -0.15) is 41.8 Å². The maximum atomic E-state index is 9.67. The number of aromatic nitrogens is 3. The molecule has 0 amide bonds. The molecule has 0 unspecified atom stereocenters. The van der Waals surface area contributed by atoms with Gasteiger partial charge in [-0.25, -0.2) is 0 Å². The van der Waals surface area contributed by atoms with Crippen LogP contribution in [0.1, 0.15) is 0 Å². The fourth-order valence-corrected chi connectivity index (χ4v) is 0.167. The Bertz CT molecular complexity index is 126. The SMILES string of the molecule is FC(F)F.FC(F)F.c1cn[nH]n1. The van der Waals surface area contributed by atoms with Gasteiger partial charge < -0.3 is 0 Å². The fourth-order valence-electron chi connectivity index (χ4n) is 0.167. The van der Waals surface area contributed by atoms with E-state index in [0.717, 1.165) is 0 Å². The second-order valence-corrected chi connectivity index (χ2v) is 1.15. The van der Waals surface area contributed by atoms with Gasteiger partial charge in [-0.3, -0.25) is 0 Å². The highest BCUT2D eigenvalue weighted by molar-refractivity contribution is 4.54. The highest BCUT2D eigenvalue weighted by atomic mass is 19.4. The van der Waals surface area contributed by atoms with Crippen LogP contribution in [0.25, 0.3) is 0 Å². The van der Waals surface area contributed by atoms with Gasteiger partial charge in [-0.05, 0) is 0 Å². The van der Waals surface area contributed by atoms with Crippen LogP contribution in [-0.4, -0.2) is 28.8 Å². The summed E-state index contributed by atoms with van der Waals surface area (Å²) in [7, 11) is 0. The number of hydrogen-bond donors (Lipinski definition) is 1. The number of hydrogen-bond acceptors (Lipinski definition) is 2.